The van der Waals surface area contributed by atoms with Gasteiger partial charge in [0.25, 0.3) is 0 Å². The molecule has 1 amide bonds. The van der Waals surface area contributed by atoms with Gasteiger partial charge < -0.3 is 15.2 Å². The topological polar surface area (TPSA) is 77.7 Å². The van der Waals surface area contributed by atoms with Gasteiger partial charge >= 0.3 is 0 Å². The van der Waals surface area contributed by atoms with Gasteiger partial charge in [0, 0.05) is 18.1 Å². The lowest BCUT2D eigenvalue weighted by Gasteiger charge is -2.21. The van der Waals surface area contributed by atoms with Crippen molar-refractivity contribution in [2.24, 2.45) is 0 Å². The minimum atomic E-state index is -0.0226. The summed E-state index contributed by atoms with van der Waals surface area (Å²) in [5, 5.41) is 2.40. The molecule has 2 aromatic rings. The number of thiazole rings is 1. The zero-order valence-electron chi connectivity index (χ0n) is 11.5. The van der Waals surface area contributed by atoms with E-state index in [1.807, 2.05) is 23.6 Å². The SMILES string of the molecule is COCN1C(=O)CCOc2ccc(-c3csc(N)n3)cc21. The summed E-state index contributed by atoms with van der Waals surface area (Å²) in [5.74, 6) is 0.649. The minimum Gasteiger partial charge on any atom is -0.491 e. The molecule has 2 heterocycles. The summed E-state index contributed by atoms with van der Waals surface area (Å²) < 4.78 is 10.8. The van der Waals surface area contributed by atoms with Crippen LogP contribution in [0.1, 0.15) is 6.42 Å². The third-order valence-electron chi connectivity index (χ3n) is 3.20. The number of nitrogens with two attached hydrogens (primary N) is 1. The van der Waals surface area contributed by atoms with Crippen molar-refractivity contribution in [2.45, 2.75) is 6.42 Å². The molecule has 0 aliphatic carbocycles. The summed E-state index contributed by atoms with van der Waals surface area (Å²) in [7, 11) is 1.56. The predicted octanol–water partition coefficient (Wildman–Crippen LogP) is 2.11. The van der Waals surface area contributed by atoms with E-state index >= 15 is 0 Å². The Morgan fingerprint density at radius 1 is 1.52 bits per heavy atom. The van der Waals surface area contributed by atoms with Crippen LogP contribution in [0, 0.1) is 0 Å². The first-order valence-corrected chi connectivity index (χ1v) is 7.34. The smallest absolute Gasteiger partial charge is 0.232 e. The maximum Gasteiger partial charge on any atom is 0.232 e. The summed E-state index contributed by atoms with van der Waals surface area (Å²) in [6.07, 6.45) is 0.330. The van der Waals surface area contributed by atoms with Gasteiger partial charge in [-0.2, -0.15) is 0 Å². The molecule has 0 radical (unpaired) electrons. The molecule has 0 unspecified atom stereocenters. The van der Waals surface area contributed by atoms with E-state index in [1.54, 1.807) is 12.0 Å². The van der Waals surface area contributed by atoms with E-state index in [0.717, 1.165) is 11.3 Å². The molecule has 0 spiro atoms. The average molecular weight is 305 g/mol. The Morgan fingerprint density at radius 3 is 3.10 bits per heavy atom. The molecule has 1 aromatic carbocycles. The van der Waals surface area contributed by atoms with Crippen LogP contribution in [0.4, 0.5) is 10.8 Å². The first-order chi connectivity index (χ1) is 10.2. The van der Waals surface area contributed by atoms with Crippen LogP contribution in [0.5, 0.6) is 5.75 Å². The molecule has 2 N–H and O–H groups in total. The second-order valence-corrected chi connectivity index (χ2v) is 5.48. The van der Waals surface area contributed by atoms with Gasteiger partial charge in [0.1, 0.15) is 12.5 Å². The van der Waals surface area contributed by atoms with Crippen LogP contribution < -0.4 is 15.4 Å². The molecule has 0 bridgehead atoms. The van der Waals surface area contributed by atoms with E-state index in [1.165, 1.54) is 11.3 Å². The van der Waals surface area contributed by atoms with Crippen LogP contribution in [0.25, 0.3) is 11.3 Å². The number of amides is 1. The van der Waals surface area contributed by atoms with Crippen molar-refractivity contribution in [3.8, 4) is 17.0 Å². The lowest BCUT2D eigenvalue weighted by molar-refractivity contribution is -0.119. The fourth-order valence-corrected chi connectivity index (χ4v) is 2.79. The Morgan fingerprint density at radius 2 is 2.38 bits per heavy atom. The number of anilines is 2. The Hall–Kier alpha value is -2.12. The molecule has 21 heavy (non-hydrogen) atoms. The molecule has 7 heteroatoms. The number of ether oxygens (including phenoxy) is 2. The van der Waals surface area contributed by atoms with Gasteiger partial charge in [-0.05, 0) is 18.2 Å². The molecule has 110 valence electrons. The first kappa shape index (κ1) is 13.8. The van der Waals surface area contributed by atoms with Crippen molar-refractivity contribution < 1.29 is 14.3 Å². The molecule has 3 rings (SSSR count). The maximum atomic E-state index is 12.2. The van der Waals surface area contributed by atoms with Crippen molar-refractivity contribution in [1.82, 2.24) is 4.98 Å². The number of nitrogen functional groups attached to an aromatic ring is 1. The predicted molar refractivity (Wildman–Crippen MR) is 81.4 cm³/mol. The number of aromatic nitrogens is 1. The number of hydrogen-bond donors (Lipinski definition) is 1. The monoisotopic (exact) mass is 305 g/mol. The normalized spacial score (nSPS) is 14.5. The van der Waals surface area contributed by atoms with Gasteiger partial charge in [-0.1, -0.05) is 0 Å². The summed E-state index contributed by atoms with van der Waals surface area (Å²) in [4.78, 5) is 18.0. The molecule has 1 aliphatic rings. The fraction of sp³-hybridized carbons (Fsp3) is 0.286. The highest BCUT2D eigenvalue weighted by Crippen LogP contribution is 2.36. The van der Waals surface area contributed by atoms with E-state index in [-0.39, 0.29) is 12.6 Å². The molecular weight excluding hydrogens is 290 g/mol. The second kappa shape index (κ2) is 5.71. The number of hydrogen-bond acceptors (Lipinski definition) is 6. The zero-order valence-corrected chi connectivity index (χ0v) is 12.4. The highest BCUT2D eigenvalue weighted by molar-refractivity contribution is 7.13. The highest BCUT2D eigenvalue weighted by Gasteiger charge is 2.23. The molecule has 0 fully saturated rings. The number of nitrogens with zero attached hydrogens (tertiary/aromatic N) is 2. The average Bonchev–Trinajstić information content (AvgIpc) is 2.85. The maximum absolute atomic E-state index is 12.2. The van der Waals surface area contributed by atoms with Gasteiger partial charge in [-0.15, -0.1) is 11.3 Å². The first-order valence-electron chi connectivity index (χ1n) is 6.46. The lowest BCUT2D eigenvalue weighted by atomic mass is 10.1. The van der Waals surface area contributed by atoms with Crippen LogP contribution in [-0.4, -0.2) is 31.3 Å². The van der Waals surface area contributed by atoms with E-state index < -0.39 is 0 Å². The Bertz CT molecular complexity index is 671. The number of benzene rings is 1. The van der Waals surface area contributed by atoms with E-state index in [0.29, 0.717) is 29.6 Å². The number of rotatable bonds is 3. The van der Waals surface area contributed by atoms with Crippen LogP contribution in [-0.2, 0) is 9.53 Å². The third kappa shape index (κ3) is 2.70. The van der Waals surface area contributed by atoms with Crippen LogP contribution in [0.2, 0.25) is 0 Å². The highest BCUT2D eigenvalue weighted by atomic mass is 32.1. The lowest BCUT2D eigenvalue weighted by Crippen LogP contribution is -2.32. The van der Waals surface area contributed by atoms with Crippen LogP contribution >= 0.6 is 11.3 Å². The number of carbonyl (C=O) groups excluding carboxylic acids is 1. The van der Waals surface area contributed by atoms with Crippen molar-refractivity contribution in [3.05, 3.63) is 23.6 Å². The van der Waals surface area contributed by atoms with E-state index in [2.05, 4.69) is 4.98 Å². The minimum absolute atomic E-state index is 0.0226. The van der Waals surface area contributed by atoms with Gasteiger partial charge in [0.05, 0.1) is 24.4 Å². The van der Waals surface area contributed by atoms with E-state index in [9.17, 15) is 4.79 Å². The molecular formula is C14H15N3O3S. The van der Waals surface area contributed by atoms with Crippen molar-refractivity contribution in [3.63, 3.8) is 0 Å². The summed E-state index contributed by atoms with van der Waals surface area (Å²) in [6, 6.07) is 5.64. The third-order valence-corrected chi connectivity index (χ3v) is 3.87. The molecule has 1 aromatic heterocycles. The second-order valence-electron chi connectivity index (χ2n) is 4.59. The summed E-state index contributed by atoms with van der Waals surface area (Å²) >= 11 is 1.38. The number of carbonyl (C=O) groups is 1. The van der Waals surface area contributed by atoms with Crippen LogP contribution in [0.15, 0.2) is 23.6 Å². The fourth-order valence-electron chi connectivity index (χ4n) is 2.22. The van der Waals surface area contributed by atoms with Gasteiger partial charge in [-0.3, -0.25) is 9.69 Å². The van der Waals surface area contributed by atoms with Gasteiger partial charge in [0.15, 0.2) is 5.13 Å². The zero-order chi connectivity index (χ0) is 14.8. The molecule has 6 nitrogen and oxygen atoms in total. The summed E-state index contributed by atoms with van der Waals surface area (Å²) in [5.41, 5.74) is 8.05. The number of methoxy groups -OCH3 is 1. The molecule has 0 atom stereocenters. The Labute approximate surface area is 126 Å². The largest absolute Gasteiger partial charge is 0.491 e. The van der Waals surface area contributed by atoms with Gasteiger partial charge in [-0.25, -0.2) is 4.98 Å². The van der Waals surface area contributed by atoms with Gasteiger partial charge in [0.2, 0.25) is 5.91 Å². The Kier molecular flexibility index (Phi) is 3.76. The quantitative estimate of drug-likeness (QED) is 0.939. The standard InChI is InChI=1S/C14H15N3O3S/c1-19-8-17-11-6-9(10-7-21-14(15)16-10)2-3-12(11)20-5-4-13(17)18/h2-3,6-7H,4-5,8H2,1H3,(H2,15,16). The van der Waals surface area contributed by atoms with Crippen molar-refractivity contribution in [2.75, 3.05) is 31.1 Å². The van der Waals surface area contributed by atoms with Crippen molar-refractivity contribution >= 4 is 28.1 Å². The summed E-state index contributed by atoms with van der Waals surface area (Å²) in [6.45, 7) is 0.562. The van der Waals surface area contributed by atoms with Crippen LogP contribution in [0.3, 0.4) is 0 Å². The molecule has 0 saturated carbocycles. The van der Waals surface area contributed by atoms with Crippen molar-refractivity contribution in [1.29, 1.82) is 0 Å². The molecule has 0 saturated heterocycles. The Balaban J connectivity index is 2.05. The molecule has 1 aliphatic heterocycles. The number of fused-ring (bicyclic) bond motifs is 1. The van der Waals surface area contributed by atoms with E-state index in [4.69, 9.17) is 15.2 Å².